The highest BCUT2D eigenvalue weighted by Gasteiger charge is 2.25. The molecule has 1 aromatic rings. The van der Waals surface area contributed by atoms with Crippen LogP contribution in [-0.4, -0.2) is 6.30 Å². The average Bonchev–Trinajstić information content (AvgIpc) is 2.00. The van der Waals surface area contributed by atoms with E-state index in [-0.39, 0.29) is 6.54 Å². The SMILES string of the molecule is Cc1cccc(CNC(F)(F)F)c1. The Hall–Kier alpha value is -1.03. The third-order valence-electron chi connectivity index (χ3n) is 1.58. The maximum atomic E-state index is 11.7. The predicted molar refractivity (Wildman–Crippen MR) is 44.1 cm³/mol. The zero-order chi connectivity index (χ0) is 9.90. The molecule has 1 N–H and O–H groups in total. The summed E-state index contributed by atoms with van der Waals surface area (Å²) in [6, 6.07) is 6.96. The number of alkyl halides is 3. The first-order valence-corrected chi connectivity index (χ1v) is 3.85. The Morgan fingerprint density at radius 3 is 2.54 bits per heavy atom. The van der Waals surface area contributed by atoms with Crippen molar-refractivity contribution in [3.05, 3.63) is 35.4 Å². The van der Waals surface area contributed by atoms with E-state index in [1.807, 2.05) is 13.0 Å². The molecular formula is C9H10F3N. The topological polar surface area (TPSA) is 12.0 Å². The van der Waals surface area contributed by atoms with Crippen molar-refractivity contribution in [3.8, 4) is 0 Å². The number of halogens is 3. The molecule has 0 aliphatic carbocycles. The summed E-state index contributed by atoms with van der Waals surface area (Å²) in [6.45, 7) is 1.67. The molecule has 0 radical (unpaired) electrons. The van der Waals surface area contributed by atoms with Gasteiger partial charge < -0.3 is 0 Å². The van der Waals surface area contributed by atoms with Crippen LogP contribution in [0.4, 0.5) is 13.2 Å². The zero-order valence-corrected chi connectivity index (χ0v) is 7.15. The molecule has 0 aromatic heterocycles. The Morgan fingerprint density at radius 1 is 1.31 bits per heavy atom. The van der Waals surface area contributed by atoms with Gasteiger partial charge in [0.15, 0.2) is 0 Å². The lowest BCUT2D eigenvalue weighted by atomic mass is 10.1. The smallest absolute Gasteiger partial charge is 0.224 e. The quantitative estimate of drug-likeness (QED) is 0.705. The van der Waals surface area contributed by atoms with Crippen LogP contribution in [0.5, 0.6) is 0 Å². The van der Waals surface area contributed by atoms with Gasteiger partial charge in [-0.1, -0.05) is 29.8 Å². The van der Waals surface area contributed by atoms with Crippen molar-refractivity contribution >= 4 is 0 Å². The Kier molecular flexibility index (Phi) is 2.93. The Morgan fingerprint density at radius 2 is 2.00 bits per heavy atom. The Balaban J connectivity index is 2.55. The molecule has 0 unspecified atom stereocenters. The minimum absolute atomic E-state index is 0.175. The highest BCUT2D eigenvalue weighted by molar-refractivity contribution is 5.21. The third-order valence-corrected chi connectivity index (χ3v) is 1.58. The summed E-state index contributed by atoms with van der Waals surface area (Å²) in [7, 11) is 0. The lowest BCUT2D eigenvalue weighted by Gasteiger charge is -2.08. The summed E-state index contributed by atoms with van der Waals surface area (Å²) in [6.07, 6.45) is -4.30. The summed E-state index contributed by atoms with van der Waals surface area (Å²) >= 11 is 0. The van der Waals surface area contributed by atoms with Gasteiger partial charge in [-0.25, -0.2) is 5.32 Å². The van der Waals surface area contributed by atoms with E-state index in [1.54, 1.807) is 18.2 Å². The molecule has 0 fully saturated rings. The third kappa shape index (κ3) is 3.94. The van der Waals surface area contributed by atoms with Crippen molar-refractivity contribution in [2.75, 3.05) is 0 Å². The highest BCUT2D eigenvalue weighted by atomic mass is 19.4. The summed E-state index contributed by atoms with van der Waals surface area (Å²) in [5, 5.41) is 1.47. The number of hydrogen-bond donors (Lipinski definition) is 1. The van der Waals surface area contributed by atoms with E-state index in [4.69, 9.17) is 0 Å². The van der Waals surface area contributed by atoms with Gasteiger partial charge in [0.1, 0.15) is 0 Å². The molecule has 1 rings (SSSR count). The first-order valence-electron chi connectivity index (χ1n) is 3.85. The molecule has 72 valence electrons. The molecule has 13 heavy (non-hydrogen) atoms. The Labute approximate surface area is 74.6 Å². The predicted octanol–water partition coefficient (Wildman–Crippen LogP) is 2.60. The molecule has 0 saturated heterocycles. The first kappa shape index (κ1) is 10.1. The number of benzene rings is 1. The van der Waals surface area contributed by atoms with Crippen LogP contribution in [0, 0.1) is 6.92 Å². The van der Waals surface area contributed by atoms with E-state index in [9.17, 15) is 13.2 Å². The molecule has 0 aliphatic rings. The van der Waals surface area contributed by atoms with Crippen molar-refractivity contribution < 1.29 is 13.2 Å². The van der Waals surface area contributed by atoms with Gasteiger partial charge in [-0.2, -0.15) is 13.2 Å². The summed E-state index contributed by atoms with van der Waals surface area (Å²) in [4.78, 5) is 0. The van der Waals surface area contributed by atoms with Crippen LogP contribution in [-0.2, 0) is 6.54 Å². The van der Waals surface area contributed by atoms with Gasteiger partial charge in [-0.05, 0) is 12.5 Å². The van der Waals surface area contributed by atoms with Crippen molar-refractivity contribution in [1.82, 2.24) is 5.32 Å². The first-order chi connectivity index (χ1) is 5.97. The average molecular weight is 189 g/mol. The lowest BCUT2D eigenvalue weighted by Crippen LogP contribution is -2.30. The van der Waals surface area contributed by atoms with E-state index in [1.165, 1.54) is 5.32 Å². The number of nitrogens with one attached hydrogen (secondary N) is 1. The van der Waals surface area contributed by atoms with Crippen molar-refractivity contribution in [2.24, 2.45) is 0 Å². The Bertz CT molecular complexity index is 280. The van der Waals surface area contributed by atoms with Crippen LogP contribution < -0.4 is 5.32 Å². The van der Waals surface area contributed by atoms with Gasteiger partial charge >= 0.3 is 6.30 Å². The van der Waals surface area contributed by atoms with Crippen molar-refractivity contribution in [1.29, 1.82) is 0 Å². The fourth-order valence-electron chi connectivity index (χ4n) is 1.02. The zero-order valence-electron chi connectivity index (χ0n) is 7.15. The van der Waals surface area contributed by atoms with Crippen LogP contribution >= 0.6 is 0 Å². The molecule has 0 saturated carbocycles. The van der Waals surface area contributed by atoms with Crippen LogP contribution in [0.3, 0.4) is 0 Å². The molecule has 0 amide bonds. The molecule has 1 aromatic carbocycles. The molecule has 0 spiro atoms. The maximum Gasteiger partial charge on any atom is 0.457 e. The summed E-state index contributed by atoms with van der Waals surface area (Å²) in [5.41, 5.74) is 1.60. The van der Waals surface area contributed by atoms with Crippen LogP contribution in [0.25, 0.3) is 0 Å². The summed E-state index contributed by atoms with van der Waals surface area (Å²) < 4.78 is 35.2. The number of aryl methyl sites for hydroxylation is 1. The van der Waals surface area contributed by atoms with Crippen molar-refractivity contribution in [3.63, 3.8) is 0 Å². The molecule has 0 heterocycles. The van der Waals surface area contributed by atoms with Gasteiger partial charge in [0, 0.05) is 6.54 Å². The molecular weight excluding hydrogens is 179 g/mol. The normalized spacial score (nSPS) is 11.7. The highest BCUT2D eigenvalue weighted by Crippen LogP contribution is 2.11. The monoisotopic (exact) mass is 189 g/mol. The lowest BCUT2D eigenvalue weighted by molar-refractivity contribution is -0.158. The van der Waals surface area contributed by atoms with Gasteiger partial charge in [0.05, 0.1) is 0 Å². The largest absolute Gasteiger partial charge is 0.457 e. The van der Waals surface area contributed by atoms with E-state index >= 15 is 0 Å². The van der Waals surface area contributed by atoms with Gasteiger partial charge in [-0.15, -0.1) is 0 Å². The standard InChI is InChI=1S/C9H10F3N/c1-7-3-2-4-8(5-7)6-13-9(10,11)12/h2-5,13H,6H2,1H3. The molecule has 0 bridgehead atoms. The van der Waals surface area contributed by atoms with E-state index < -0.39 is 6.30 Å². The maximum absolute atomic E-state index is 11.7. The van der Waals surface area contributed by atoms with Crippen molar-refractivity contribution in [2.45, 2.75) is 19.8 Å². The van der Waals surface area contributed by atoms with E-state index in [2.05, 4.69) is 0 Å². The minimum atomic E-state index is -4.30. The fourth-order valence-corrected chi connectivity index (χ4v) is 1.02. The van der Waals surface area contributed by atoms with Gasteiger partial charge in [-0.3, -0.25) is 0 Å². The van der Waals surface area contributed by atoms with E-state index in [0.29, 0.717) is 5.56 Å². The second-order valence-electron chi connectivity index (χ2n) is 2.84. The van der Waals surface area contributed by atoms with Crippen LogP contribution in [0.15, 0.2) is 24.3 Å². The fraction of sp³-hybridized carbons (Fsp3) is 0.333. The van der Waals surface area contributed by atoms with Gasteiger partial charge in [0.2, 0.25) is 0 Å². The molecule has 0 aliphatic heterocycles. The van der Waals surface area contributed by atoms with E-state index in [0.717, 1.165) is 5.56 Å². The van der Waals surface area contributed by atoms with Crippen LogP contribution in [0.2, 0.25) is 0 Å². The molecule has 0 atom stereocenters. The second kappa shape index (κ2) is 3.79. The number of hydrogen-bond acceptors (Lipinski definition) is 1. The van der Waals surface area contributed by atoms with Crippen LogP contribution in [0.1, 0.15) is 11.1 Å². The second-order valence-corrected chi connectivity index (χ2v) is 2.84. The molecule has 4 heteroatoms. The summed E-state index contributed by atoms with van der Waals surface area (Å²) in [5.74, 6) is 0. The van der Waals surface area contributed by atoms with Gasteiger partial charge in [0.25, 0.3) is 0 Å². The number of rotatable bonds is 2. The molecule has 1 nitrogen and oxygen atoms in total. The minimum Gasteiger partial charge on any atom is -0.224 e.